The van der Waals surface area contributed by atoms with Crippen molar-refractivity contribution in [2.75, 3.05) is 31.6 Å². The number of pyridine rings is 1. The van der Waals surface area contributed by atoms with E-state index in [0.717, 1.165) is 0 Å². The molecule has 0 aliphatic rings. The first kappa shape index (κ1) is 15.9. The van der Waals surface area contributed by atoms with Crippen LogP contribution < -0.4 is 5.32 Å². The molecule has 1 heterocycles. The van der Waals surface area contributed by atoms with E-state index in [1.807, 2.05) is 13.8 Å². The summed E-state index contributed by atoms with van der Waals surface area (Å²) >= 11 is 0. The van der Waals surface area contributed by atoms with Crippen molar-refractivity contribution in [2.24, 2.45) is 0 Å². The minimum absolute atomic E-state index is 0.0662. The largest absolute Gasteiger partial charge is 0.465 e. The first-order valence-electron chi connectivity index (χ1n) is 6.77. The molecule has 6 heteroatoms. The number of hydrogen-bond acceptors (Lipinski definition) is 5. The molecule has 0 radical (unpaired) electrons. The van der Waals surface area contributed by atoms with E-state index in [0.29, 0.717) is 31.1 Å². The number of carbonyl (C=O) groups is 2. The molecular weight excluding hydrogens is 258 g/mol. The second-order valence-corrected chi connectivity index (χ2v) is 4.07. The Labute approximate surface area is 119 Å². The van der Waals surface area contributed by atoms with E-state index >= 15 is 0 Å². The molecule has 1 aromatic heterocycles. The first-order chi connectivity index (χ1) is 9.62. The van der Waals surface area contributed by atoms with Gasteiger partial charge in [0.05, 0.1) is 6.61 Å². The van der Waals surface area contributed by atoms with Crippen LogP contribution in [0.3, 0.4) is 0 Å². The lowest BCUT2D eigenvalue weighted by Crippen LogP contribution is -2.31. The van der Waals surface area contributed by atoms with Crippen LogP contribution in [0.4, 0.5) is 5.69 Å². The van der Waals surface area contributed by atoms with E-state index in [1.54, 1.807) is 30.2 Å². The molecule has 0 bridgehead atoms. The first-order valence-corrected chi connectivity index (χ1v) is 6.77. The van der Waals surface area contributed by atoms with Gasteiger partial charge in [-0.2, -0.15) is 0 Å². The van der Waals surface area contributed by atoms with Crippen LogP contribution in [0.15, 0.2) is 18.3 Å². The van der Waals surface area contributed by atoms with Crippen LogP contribution in [0.25, 0.3) is 0 Å². The quantitative estimate of drug-likeness (QED) is 0.767. The second kappa shape index (κ2) is 8.14. The Hall–Kier alpha value is -2.11. The summed E-state index contributed by atoms with van der Waals surface area (Å²) in [6.45, 7) is 7.29. The molecule has 0 fully saturated rings. The van der Waals surface area contributed by atoms with Crippen molar-refractivity contribution < 1.29 is 14.3 Å². The fourth-order valence-corrected chi connectivity index (χ4v) is 1.72. The lowest BCUT2D eigenvalue weighted by Gasteiger charge is -2.18. The van der Waals surface area contributed by atoms with Crippen molar-refractivity contribution in [1.29, 1.82) is 0 Å². The highest BCUT2D eigenvalue weighted by Crippen LogP contribution is 2.10. The van der Waals surface area contributed by atoms with E-state index < -0.39 is 0 Å². The standard InChI is InChI=1S/C14H21N3O3/c1-4-17(5-2)14(19)12-9-11(7-8-15-12)16-10-13(18)20-6-3/h7-9H,4-6,10H2,1-3H3,(H,15,16). The third-order valence-electron chi connectivity index (χ3n) is 2.77. The van der Waals surface area contributed by atoms with Gasteiger partial charge in [-0.15, -0.1) is 0 Å². The third-order valence-corrected chi connectivity index (χ3v) is 2.77. The van der Waals surface area contributed by atoms with Gasteiger partial charge in [-0.3, -0.25) is 14.6 Å². The average Bonchev–Trinajstić information content (AvgIpc) is 2.47. The maximum absolute atomic E-state index is 12.1. The van der Waals surface area contributed by atoms with Gasteiger partial charge in [0.15, 0.2) is 0 Å². The SMILES string of the molecule is CCOC(=O)CNc1ccnc(C(=O)N(CC)CC)c1. The Bertz CT molecular complexity index is 459. The molecule has 6 nitrogen and oxygen atoms in total. The molecule has 1 rings (SSSR count). The number of anilines is 1. The van der Waals surface area contributed by atoms with Crippen LogP contribution >= 0.6 is 0 Å². The molecule has 0 atom stereocenters. The van der Waals surface area contributed by atoms with E-state index in [9.17, 15) is 9.59 Å². The lowest BCUT2D eigenvalue weighted by molar-refractivity contribution is -0.140. The van der Waals surface area contributed by atoms with Crippen molar-refractivity contribution >= 4 is 17.6 Å². The topological polar surface area (TPSA) is 71.5 Å². The van der Waals surface area contributed by atoms with Crippen LogP contribution in [0, 0.1) is 0 Å². The fourth-order valence-electron chi connectivity index (χ4n) is 1.72. The number of rotatable bonds is 7. The number of nitrogens with zero attached hydrogens (tertiary/aromatic N) is 2. The molecule has 1 N–H and O–H groups in total. The van der Waals surface area contributed by atoms with Crippen LogP contribution in [-0.2, 0) is 9.53 Å². The summed E-state index contributed by atoms with van der Waals surface area (Å²) in [6, 6.07) is 3.35. The summed E-state index contributed by atoms with van der Waals surface area (Å²) in [7, 11) is 0. The zero-order valence-corrected chi connectivity index (χ0v) is 12.2. The van der Waals surface area contributed by atoms with Crippen molar-refractivity contribution in [2.45, 2.75) is 20.8 Å². The molecule has 20 heavy (non-hydrogen) atoms. The Morgan fingerprint density at radius 3 is 2.60 bits per heavy atom. The zero-order valence-electron chi connectivity index (χ0n) is 12.2. The van der Waals surface area contributed by atoms with E-state index in [4.69, 9.17) is 4.74 Å². The van der Waals surface area contributed by atoms with Crippen molar-refractivity contribution in [3.05, 3.63) is 24.0 Å². The average molecular weight is 279 g/mol. The molecule has 0 aliphatic heterocycles. The molecule has 0 saturated carbocycles. The van der Waals surface area contributed by atoms with Gasteiger partial charge in [-0.05, 0) is 32.9 Å². The van der Waals surface area contributed by atoms with Gasteiger partial charge in [0.25, 0.3) is 5.91 Å². The van der Waals surface area contributed by atoms with Gasteiger partial charge < -0.3 is 15.0 Å². The molecule has 0 aromatic carbocycles. The molecule has 110 valence electrons. The maximum atomic E-state index is 12.1. The van der Waals surface area contributed by atoms with Crippen LogP contribution in [0.2, 0.25) is 0 Å². The molecule has 0 unspecified atom stereocenters. The number of nitrogens with one attached hydrogen (secondary N) is 1. The summed E-state index contributed by atoms with van der Waals surface area (Å²) in [5.74, 6) is -0.448. The number of aromatic nitrogens is 1. The normalized spacial score (nSPS) is 9.95. The van der Waals surface area contributed by atoms with Gasteiger partial charge in [0.2, 0.25) is 0 Å². The lowest BCUT2D eigenvalue weighted by atomic mass is 10.2. The Balaban J connectivity index is 2.70. The summed E-state index contributed by atoms with van der Waals surface area (Å²) in [4.78, 5) is 29.2. The summed E-state index contributed by atoms with van der Waals surface area (Å²) < 4.78 is 4.82. The fraction of sp³-hybridized carbons (Fsp3) is 0.500. The van der Waals surface area contributed by atoms with Crippen molar-refractivity contribution in [3.8, 4) is 0 Å². The van der Waals surface area contributed by atoms with Gasteiger partial charge in [-0.1, -0.05) is 0 Å². The molecule has 0 saturated heterocycles. The van der Waals surface area contributed by atoms with E-state index in [2.05, 4.69) is 10.3 Å². The molecule has 0 spiro atoms. The van der Waals surface area contributed by atoms with Gasteiger partial charge >= 0.3 is 5.97 Å². The highest BCUT2D eigenvalue weighted by molar-refractivity contribution is 5.93. The molecule has 1 aromatic rings. The van der Waals surface area contributed by atoms with Gasteiger partial charge in [-0.25, -0.2) is 0 Å². The van der Waals surface area contributed by atoms with E-state index in [-0.39, 0.29) is 18.4 Å². The Kier molecular flexibility index (Phi) is 6.49. The summed E-state index contributed by atoms with van der Waals surface area (Å²) in [5, 5.41) is 2.91. The number of esters is 1. The predicted molar refractivity (Wildman–Crippen MR) is 76.6 cm³/mol. The number of hydrogen-bond donors (Lipinski definition) is 1. The smallest absolute Gasteiger partial charge is 0.325 e. The highest BCUT2D eigenvalue weighted by atomic mass is 16.5. The van der Waals surface area contributed by atoms with Crippen LogP contribution in [-0.4, -0.2) is 48.0 Å². The number of ether oxygens (including phenoxy) is 1. The summed E-state index contributed by atoms with van der Waals surface area (Å²) in [6.07, 6.45) is 1.55. The predicted octanol–water partition coefficient (Wildman–Crippen LogP) is 1.54. The van der Waals surface area contributed by atoms with Crippen molar-refractivity contribution in [1.82, 2.24) is 9.88 Å². The van der Waals surface area contributed by atoms with Crippen LogP contribution in [0.1, 0.15) is 31.3 Å². The molecular formula is C14H21N3O3. The highest BCUT2D eigenvalue weighted by Gasteiger charge is 2.14. The third kappa shape index (κ3) is 4.53. The number of carbonyl (C=O) groups excluding carboxylic acids is 2. The minimum Gasteiger partial charge on any atom is -0.465 e. The van der Waals surface area contributed by atoms with Crippen LogP contribution in [0.5, 0.6) is 0 Å². The molecule has 0 aliphatic carbocycles. The number of amides is 1. The van der Waals surface area contributed by atoms with Gasteiger partial charge in [0.1, 0.15) is 12.2 Å². The summed E-state index contributed by atoms with van der Waals surface area (Å²) in [5.41, 5.74) is 1.03. The zero-order chi connectivity index (χ0) is 15.0. The minimum atomic E-state index is -0.332. The maximum Gasteiger partial charge on any atom is 0.325 e. The van der Waals surface area contributed by atoms with Gasteiger partial charge in [0, 0.05) is 25.0 Å². The Morgan fingerprint density at radius 2 is 2.00 bits per heavy atom. The molecule has 1 amide bonds. The second-order valence-electron chi connectivity index (χ2n) is 4.07. The Morgan fingerprint density at radius 1 is 1.30 bits per heavy atom. The van der Waals surface area contributed by atoms with E-state index in [1.165, 1.54) is 0 Å². The van der Waals surface area contributed by atoms with Crippen molar-refractivity contribution in [3.63, 3.8) is 0 Å². The monoisotopic (exact) mass is 279 g/mol.